The first-order chi connectivity index (χ1) is 8.94. The number of amides is 1. The lowest BCUT2D eigenvalue weighted by Gasteiger charge is -2.26. The zero-order valence-electron chi connectivity index (χ0n) is 11.2. The molecule has 0 heterocycles. The summed E-state index contributed by atoms with van der Waals surface area (Å²) in [7, 11) is 0. The average molecular weight is 321 g/mol. The highest BCUT2D eigenvalue weighted by atomic mass is 79.9. The van der Waals surface area contributed by atoms with E-state index in [0.717, 1.165) is 29.4 Å². The topological polar surface area (TPSA) is 52.9 Å². The largest absolute Gasteiger partial charge is 0.325 e. The van der Waals surface area contributed by atoms with Crippen molar-refractivity contribution in [2.75, 3.05) is 5.32 Å². The van der Waals surface area contributed by atoms with Gasteiger partial charge >= 0.3 is 0 Å². The molecular formula is C15H17BrN2O. The Morgan fingerprint density at radius 1 is 1.53 bits per heavy atom. The van der Waals surface area contributed by atoms with Gasteiger partial charge in [-0.15, -0.1) is 0 Å². The molecule has 1 unspecified atom stereocenters. The SMILES string of the molecule is CC1(C)CCCC1C(=O)Nc1ccc(C#N)cc1Br. The molecule has 3 nitrogen and oxygen atoms in total. The number of nitriles is 1. The molecule has 1 aromatic carbocycles. The molecule has 0 bridgehead atoms. The molecule has 2 rings (SSSR count). The number of anilines is 1. The summed E-state index contributed by atoms with van der Waals surface area (Å²) in [6, 6.07) is 7.27. The van der Waals surface area contributed by atoms with E-state index in [4.69, 9.17) is 5.26 Å². The predicted octanol–water partition coefficient (Wildman–Crippen LogP) is 4.09. The van der Waals surface area contributed by atoms with Crippen LogP contribution in [0.3, 0.4) is 0 Å². The second-order valence-electron chi connectivity index (χ2n) is 5.73. The number of carbonyl (C=O) groups excluding carboxylic acids is 1. The van der Waals surface area contributed by atoms with E-state index in [0.29, 0.717) is 5.56 Å². The second kappa shape index (κ2) is 5.34. The summed E-state index contributed by atoms with van der Waals surface area (Å²) in [5.41, 5.74) is 1.38. The zero-order chi connectivity index (χ0) is 14.0. The Balaban J connectivity index is 2.14. The molecule has 1 aliphatic rings. The van der Waals surface area contributed by atoms with Gasteiger partial charge < -0.3 is 5.32 Å². The summed E-state index contributed by atoms with van der Waals surface area (Å²) in [6.07, 6.45) is 3.16. The van der Waals surface area contributed by atoms with E-state index in [1.54, 1.807) is 18.2 Å². The van der Waals surface area contributed by atoms with Gasteiger partial charge in [0.05, 0.1) is 17.3 Å². The number of halogens is 1. The molecule has 0 saturated heterocycles. The van der Waals surface area contributed by atoms with E-state index in [9.17, 15) is 4.79 Å². The van der Waals surface area contributed by atoms with Gasteiger partial charge in [0.15, 0.2) is 0 Å². The van der Waals surface area contributed by atoms with Crippen molar-refractivity contribution in [1.29, 1.82) is 5.26 Å². The highest BCUT2D eigenvalue weighted by Gasteiger charge is 2.39. The van der Waals surface area contributed by atoms with Gasteiger partial charge in [-0.1, -0.05) is 20.3 Å². The summed E-state index contributed by atoms with van der Waals surface area (Å²) in [6.45, 7) is 4.30. The number of benzene rings is 1. The van der Waals surface area contributed by atoms with E-state index in [-0.39, 0.29) is 17.2 Å². The Bertz CT molecular complexity index is 546. The molecule has 1 N–H and O–H groups in total. The molecular weight excluding hydrogens is 304 g/mol. The normalized spacial score (nSPS) is 20.8. The monoisotopic (exact) mass is 320 g/mol. The van der Waals surface area contributed by atoms with Crippen LogP contribution in [0.4, 0.5) is 5.69 Å². The molecule has 1 saturated carbocycles. The fraction of sp³-hybridized carbons (Fsp3) is 0.467. The first-order valence-electron chi connectivity index (χ1n) is 6.44. The zero-order valence-corrected chi connectivity index (χ0v) is 12.8. The minimum absolute atomic E-state index is 0.0649. The van der Waals surface area contributed by atoms with Crippen LogP contribution in [0.15, 0.2) is 22.7 Å². The van der Waals surface area contributed by atoms with Crippen LogP contribution in [0.1, 0.15) is 38.7 Å². The average Bonchev–Trinajstić information content (AvgIpc) is 2.71. The second-order valence-corrected chi connectivity index (χ2v) is 6.58. The van der Waals surface area contributed by atoms with Gasteiger partial charge in [0.1, 0.15) is 0 Å². The van der Waals surface area contributed by atoms with Crippen molar-refractivity contribution < 1.29 is 4.79 Å². The Morgan fingerprint density at radius 3 is 2.79 bits per heavy atom. The van der Waals surface area contributed by atoms with Gasteiger partial charge in [0, 0.05) is 10.4 Å². The molecule has 19 heavy (non-hydrogen) atoms. The number of hydrogen-bond acceptors (Lipinski definition) is 2. The van der Waals surface area contributed by atoms with Crippen LogP contribution in [0.5, 0.6) is 0 Å². The fourth-order valence-electron chi connectivity index (χ4n) is 2.72. The minimum atomic E-state index is 0.0649. The third-order valence-corrected chi connectivity index (χ3v) is 4.59. The van der Waals surface area contributed by atoms with Crippen molar-refractivity contribution in [2.24, 2.45) is 11.3 Å². The molecule has 0 spiro atoms. The van der Waals surface area contributed by atoms with Crippen LogP contribution < -0.4 is 5.32 Å². The molecule has 1 atom stereocenters. The minimum Gasteiger partial charge on any atom is -0.325 e. The van der Waals surface area contributed by atoms with Crippen LogP contribution in [0.25, 0.3) is 0 Å². The van der Waals surface area contributed by atoms with Crippen molar-refractivity contribution in [3.05, 3.63) is 28.2 Å². The maximum atomic E-state index is 12.3. The van der Waals surface area contributed by atoms with Gasteiger partial charge in [-0.2, -0.15) is 5.26 Å². The van der Waals surface area contributed by atoms with E-state index in [1.807, 2.05) is 0 Å². The van der Waals surface area contributed by atoms with Gasteiger partial charge in [-0.05, 0) is 52.4 Å². The number of nitrogens with zero attached hydrogens (tertiary/aromatic N) is 1. The van der Waals surface area contributed by atoms with Crippen LogP contribution >= 0.6 is 15.9 Å². The predicted molar refractivity (Wildman–Crippen MR) is 78.6 cm³/mol. The number of hydrogen-bond donors (Lipinski definition) is 1. The lowest BCUT2D eigenvalue weighted by molar-refractivity contribution is -0.122. The lowest BCUT2D eigenvalue weighted by atomic mass is 9.81. The van der Waals surface area contributed by atoms with Crippen molar-refractivity contribution in [1.82, 2.24) is 0 Å². The maximum absolute atomic E-state index is 12.3. The van der Waals surface area contributed by atoms with Gasteiger partial charge in [-0.25, -0.2) is 0 Å². The first-order valence-corrected chi connectivity index (χ1v) is 7.24. The maximum Gasteiger partial charge on any atom is 0.228 e. The standard InChI is InChI=1S/C15H17BrN2O/c1-15(2)7-3-4-11(15)14(19)18-13-6-5-10(9-17)8-12(13)16/h5-6,8,11H,3-4,7H2,1-2H3,(H,18,19). The molecule has 1 aliphatic carbocycles. The van der Waals surface area contributed by atoms with Crippen molar-refractivity contribution in [3.8, 4) is 6.07 Å². The molecule has 1 amide bonds. The molecule has 0 aliphatic heterocycles. The Morgan fingerprint density at radius 2 is 2.26 bits per heavy atom. The summed E-state index contributed by atoms with van der Waals surface area (Å²) in [4.78, 5) is 12.3. The Kier molecular flexibility index (Phi) is 3.96. The number of rotatable bonds is 2. The third kappa shape index (κ3) is 2.98. The summed E-state index contributed by atoms with van der Waals surface area (Å²) in [5.74, 6) is 0.142. The van der Waals surface area contributed by atoms with Crippen LogP contribution in [-0.4, -0.2) is 5.91 Å². The fourth-order valence-corrected chi connectivity index (χ4v) is 3.20. The lowest BCUT2D eigenvalue weighted by Crippen LogP contribution is -2.30. The highest BCUT2D eigenvalue weighted by Crippen LogP contribution is 2.43. The number of carbonyl (C=O) groups is 1. The van der Waals surface area contributed by atoms with Crippen molar-refractivity contribution in [2.45, 2.75) is 33.1 Å². The van der Waals surface area contributed by atoms with Gasteiger partial charge in [-0.3, -0.25) is 4.79 Å². The van der Waals surface area contributed by atoms with Crippen molar-refractivity contribution in [3.63, 3.8) is 0 Å². The van der Waals surface area contributed by atoms with E-state index >= 15 is 0 Å². The van der Waals surface area contributed by atoms with Crippen LogP contribution in [-0.2, 0) is 4.79 Å². The summed E-state index contributed by atoms with van der Waals surface area (Å²) >= 11 is 3.39. The van der Waals surface area contributed by atoms with E-state index in [1.165, 1.54) is 0 Å². The molecule has 0 radical (unpaired) electrons. The van der Waals surface area contributed by atoms with E-state index in [2.05, 4.69) is 41.2 Å². The number of nitrogens with one attached hydrogen (secondary N) is 1. The Labute approximate surface area is 122 Å². The van der Waals surface area contributed by atoms with Crippen molar-refractivity contribution >= 4 is 27.5 Å². The molecule has 0 aromatic heterocycles. The highest BCUT2D eigenvalue weighted by molar-refractivity contribution is 9.10. The summed E-state index contributed by atoms with van der Waals surface area (Å²) < 4.78 is 0.746. The van der Waals surface area contributed by atoms with Gasteiger partial charge in [0.25, 0.3) is 0 Å². The van der Waals surface area contributed by atoms with Gasteiger partial charge in [0.2, 0.25) is 5.91 Å². The molecule has 1 fully saturated rings. The third-order valence-electron chi connectivity index (χ3n) is 3.93. The summed E-state index contributed by atoms with van der Waals surface area (Å²) in [5, 5.41) is 11.8. The Hall–Kier alpha value is -1.34. The van der Waals surface area contributed by atoms with Crippen LogP contribution in [0, 0.1) is 22.7 Å². The molecule has 4 heteroatoms. The first kappa shape index (κ1) is 14.1. The molecule has 1 aromatic rings. The quantitative estimate of drug-likeness (QED) is 0.892. The van der Waals surface area contributed by atoms with Crippen LogP contribution in [0.2, 0.25) is 0 Å². The smallest absolute Gasteiger partial charge is 0.228 e. The van der Waals surface area contributed by atoms with E-state index < -0.39 is 0 Å². The molecule has 100 valence electrons.